The maximum absolute atomic E-state index is 5.84. The highest BCUT2D eigenvalue weighted by molar-refractivity contribution is 5.51. The first kappa shape index (κ1) is 14.4. The Balaban J connectivity index is 1.84. The molecule has 0 bridgehead atoms. The first-order chi connectivity index (χ1) is 9.74. The van der Waals surface area contributed by atoms with Crippen LogP contribution in [0.15, 0.2) is 30.3 Å². The summed E-state index contributed by atoms with van der Waals surface area (Å²) in [5.41, 5.74) is 8.98. The summed E-state index contributed by atoms with van der Waals surface area (Å²) in [6.07, 6.45) is 2.92. The fraction of sp³-hybridized carbons (Fsp3) is 0.438. The summed E-state index contributed by atoms with van der Waals surface area (Å²) in [5, 5.41) is 4.60. The maximum Gasteiger partial charge on any atom is 0.142 e. The summed E-state index contributed by atoms with van der Waals surface area (Å²) < 4.78 is 7.79. The summed E-state index contributed by atoms with van der Waals surface area (Å²) in [6, 6.07) is 9.78. The van der Waals surface area contributed by atoms with Gasteiger partial charge in [-0.1, -0.05) is 26.0 Å². The quantitative estimate of drug-likeness (QED) is 0.623. The zero-order valence-electron chi connectivity index (χ0n) is 12.3. The zero-order valence-corrected chi connectivity index (χ0v) is 12.3. The van der Waals surface area contributed by atoms with Gasteiger partial charge in [0.1, 0.15) is 5.75 Å². The maximum atomic E-state index is 5.84. The number of nitrogen functional groups attached to an aromatic ring is 1. The number of anilines is 1. The van der Waals surface area contributed by atoms with Gasteiger partial charge in [0.05, 0.1) is 18.0 Å². The summed E-state index contributed by atoms with van der Waals surface area (Å²) in [6.45, 7) is 5.83. The number of hydrogen-bond acceptors (Lipinski definition) is 3. The van der Waals surface area contributed by atoms with Crippen molar-refractivity contribution in [3.8, 4) is 5.75 Å². The largest absolute Gasteiger partial charge is 0.491 e. The highest BCUT2D eigenvalue weighted by Gasteiger charge is 2.05. The van der Waals surface area contributed by atoms with E-state index in [2.05, 4.69) is 29.7 Å². The highest BCUT2D eigenvalue weighted by Crippen LogP contribution is 2.19. The van der Waals surface area contributed by atoms with Gasteiger partial charge in [0.2, 0.25) is 0 Å². The molecule has 0 fully saturated rings. The van der Waals surface area contributed by atoms with Crippen LogP contribution in [-0.4, -0.2) is 16.4 Å². The second-order valence-electron chi connectivity index (χ2n) is 4.80. The normalized spacial score (nSPS) is 10.7. The van der Waals surface area contributed by atoms with Gasteiger partial charge < -0.3 is 10.5 Å². The molecule has 0 amide bonds. The standard InChI is InChI=1S/C16H23N3O/c1-3-13-12-14(4-2)19(18-13)10-7-11-20-16-9-6-5-8-15(16)17/h5-6,8-9,12H,3-4,7,10-11,17H2,1-2H3. The number of ether oxygens (including phenoxy) is 1. The monoisotopic (exact) mass is 273 g/mol. The Morgan fingerprint density at radius 3 is 2.70 bits per heavy atom. The molecule has 2 rings (SSSR count). The third-order valence-electron chi connectivity index (χ3n) is 3.33. The van der Waals surface area contributed by atoms with Crippen molar-refractivity contribution in [3.05, 3.63) is 41.7 Å². The Labute approximate surface area is 120 Å². The van der Waals surface area contributed by atoms with Crippen LogP contribution in [0.2, 0.25) is 0 Å². The van der Waals surface area contributed by atoms with Crippen molar-refractivity contribution in [3.63, 3.8) is 0 Å². The number of benzene rings is 1. The van der Waals surface area contributed by atoms with Crippen molar-refractivity contribution < 1.29 is 4.74 Å². The Hall–Kier alpha value is -1.97. The first-order valence-corrected chi connectivity index (χ1v) is 7.27. The van der Waals surface area contributed by atoms with Crippen LogP contribution < -0.4 is 10.5 Å². The van der Waals surface area contributed by atoms with E-state index in [0.717, 1.165) is 37.3 Å². The zero-order chi connectivity index (χ0) is 14.4. The van der Waals surface area contributed by atoms with Gasteiger partial charge in [0.25, 0.3) is 0 Å². The van der Waals surface area contributed by atoms with Crippen molar-refractivity contribution in [2.24, 2.45) is 0 Å². The minimum Gasteiger partial charge on any atom is -0.491 e. The Bertz CT molecular complexity index is 548. The van der Waals surface area contributed by atoms with Crippen LogP contribution in [-0.2, 0) is 19.4 Å². The van der Waals surface area contributed by atoms with E-state index in [1.165, 1.54) is 5.69 Å². The topological polar surface area (TPSA) is 53.1 Å². The molecule has 4 heteroatoms. The number of rotatable bonds is 7. The number of aromatic nitrogens is 2. The van der Waals surface area contributed by atoms with Gasteiger partial charge in [0, 0.05) is 18.7 Å². The molecule has 0 saturated heterocycles. The van der Waals surface area contributed by atoms with E-state index < -0.39 is 0 Å². The minimum absolute atomic E-state index is 0.651. The van der Waals surface area contributed by atoms with Crippen LogP contribution in [0.1, 0.15) is 31.7 Å². The number of nitrogens with zero attached hydrogens (tertiary/aromatic N) is 2. The van der Waals surface area contributed by atoms with Gasteiger partial charge in [-0.3, -0.25) is 4.68 Å². The molecule has 0 radical (unpaired) electrons. The molecule has 4 nitrogen and oxygen atoms in total. The molecule has 2 aromatic rings. The third kappa shape index (κ3) is 3.53. The van der Waals surface area contributed by atoms with Gasteiger partial charge in [-0.2, -0.15) is 5.10 Å². The van der Waals surface area contributed by atoms with Crippen molar-refractivity contribution >= 4 is 5.69 Å². The van der Waals surface area contributed by atoms with Gasteiger partial charge in [0.15, 0.2) is 0 Å². The fourth-order valence-corrected chi connectivity index (χ4v) is 2.17. The molecule has 0 aliphatic rings. The van der Waals surface area contributed by atoms with E-state index in [9.17, 15) is 0 Å². The predicted molar refractivity (Wildman–Crippen MR) is 81.9 cm³/mol. The van der Waals surface area contributed by atoms with Gasteiger partial charge in [-0.15, -0.1) is 0 Å². The van der Waals surface area contributed by atoms with Crippen LogP contribution in [0, 0.1) is 0 Å². The van der Waals surface area contributed by atoms with Crippen LogP contribution in [0.3, 0.4) is 0 Å². The molecule has 0 unspecified atom stereocenters. The van der Waals surface area contributed by atoms with Gasteiger partial charge >= 0.3 is 0 Å². The smallest absolute Gasteiger partial charge is 0.142 e. The Kier molecular flexibility index (Phi) is 5.04. The molecular weight excluding hydrogens is 250 g/mol. The van der Waals surface area contributed by atoms with Crippen LogP contribution in [0.4, 0.5) is 5.69 Å². The lowest BCUT2D eigenvalue weighted by Crippen LogP contribution is -2.09. The lowest BCUT2D eigenvalue weighted by molar-refractivity contribution is 0.299. The third-order valence-corrected chi connectivity index (χ3v) is 3.33. The summed E-state index contributed by atoms with van der Waals surface area (Å²) in [4.78, 5) is 0. The average Bonchev–Trinajstić information content (AvgIpc) is 2.88. The molecule has 0 saturated carbocycles. The van der Waals surface area contributed by atoms with E-state index in [0.29, 0.717) is 12.3 Å². The van der Waals surface area contributed by atoms with Gasteiger partial charge in [-0.25, -0.2) is 0 Å². The molecule has 0 spiro atoms. The summed E-state index contributed by atoms with van der Waals surface area (Å²) in [5.74, 6) is 0.762. The molecule has 1 aromatic heterocycles. The molecule has 1 heterocycles. The Morgan fingerprint density at radius 2 is 2.00 bits per heavy atom. The first-order valence-electron chi connectivity index (χ1n) is 7.27. The number of nitrogens with two attached hydrogens (primary N) is 1. The minimum atomic E-state index is 0.651. The molecule has 0 aliphatic carbocycles. The lowest BCUT2D eigenvalue weighted by Gasteiger charge is -2.09. The molecular formula is C16H23N3O. The van der Waals surface area contributed by atoms with Crippen molar-refractivity contribution in [1.29, 1.82) is 0 Å². The molecule has 2 N–H and O–H groups in total. The van der Waals surface area contributed by atoms with Gasteiger partial charge in [-0.05, 0) is 31.0 Å². The van der Waals surface area contributed by atoms with E-state index in [1.807, 2.05) is 24.3 Å². The lowest BCUT2D eigenvalue weighted by atomic mass is 10.2. The second-order valence-corrected chi connectivity index (χ2v) is 4.80. The van der Waals surface area contributed by atoms with Crippen LogP contribution in [0.25, 0.3) is 0 Å². The second kappa shape index (κ2) is 6.98. The summed E-state index contributed by atoms with van der Waals surface area (Å²) in [7, 11) is 0. The fourth-order valence-electron chi connectivity index (χ4n) is 2.17. The van der Waals surface area contributed by atoms with E-state index >= 15 is 0 Å². The molecule has 0 aliphatic heterocycles. The van der Waals surface area contributed by atoms with Crippen molar-refractivity contribution in [2.45, 2.75) is 39.7 Å². The predicted octanol–water partition coefficient (Wildman–Crippen LogP) is 3.06. The van der Waals surface area contributed by atoms with Crippen LogP contribution in [0.5, 0.6) is 5.75 Å². The molecule has 1 aromatic carbocycles. The van der Waals surface area contributed by atoms with Crippen molar-refractivity contribution in [1.82, 2.24) is 9.78 Å². The van der Waals surface area contributed by atoms with Crippen LogP contribution >= 0.6 is 0 Å². The molecule has 0 atom stereocenters. The van der Waals surface area contributed by atoms with E-state index in [-0.39, 0.29) is 0 Å². The Morgan fingerprint density at radius 1 is 1.20 bits per heavy atom. The van der Waals surface area contributed by atoms with E-state index in [1.54, 1.807) is 0 Å². The molecule has 108 valence electrons. The summed E-state index contributed by atoms with van der Waals surface area (Å²) >= 11 is 0. The van der Waals surface area contributed by atoms with Crippen molar-refractivity contribution in [2.75, 3.05) is 12.3 Å². The SMILES string of the molecule is CCc1cc(CC)n(CCCOc2ccccc2N)n1. The number of aryl methyl sites for hydroxylation is 3. The highest BCUT2D eigenvalue weighted by atomic mass is 16.5. The van der Waals surface area contributed by atoms with E-state index in [4.69, 9.17) is 10.5 Å². The molecule has 20 heavy (non-hydrogen) atoms. The number of hydrogen-bond donors (Lipinski definition) is 1. The number of para-hydroxylation sites is 2. The average molecular weight is 273 g/mol.